The van der Waals surface area contributed by atoms with Gasteiger partial charge in [-0.2, -0.15) is 0 Å². The summed E-state index contributed by atoms with van der Waals surface area (Å²) in [5.41, 5.74) is 6.10. The summed E-state index contributed by atoms with van der Waals surface area (Å²) in [7, 11) is 4.10. The lowest BCUT2D eigenvalue weighted by Crippen LogP contribution is -2.30. The van der Waals surface area contributed by atoms with Crippen molar-refractivity contribution in [2.45, 2.75) is 12.6 Å². The predicted octanol–water partition coefficient (Wildman–Crippen LogP) is 3.00. The van der Waals surface area contributed by atoms with Crippen molar-refractivity contribution in [2.75, 3.05) is 14.1 Å². The minimum atomic E-state index is 0.0247. The van der Waals surface area contributed by atoms with E-state index in [0.717, 1.165) is 33.3 Å². The Balaban J connectivity index is 1.84. The van der Waals surface area contributed by atoms with Crippen LogP contribution in [0, 0.1) is 0 Å². The van der Waals surface area contributed by atoms with Crippen molar-refractivity contribution in [3.05, 3.63) is 77.7 Å². The van der Waals surface area contributed by atoms with E-state index >= 15 is 0 Å². The van der Waals surface area contributed by atoms with E-state index in [2.05, 4.69) is 51.4 Å². The molecule has 1 aliphatic heterocycles. The molecule has 1 N–H and O–H groups in total. The summed E-state index contributed by atoms with van der Waals surface area (Å²) < 4.78 is 0. The molecule has 1 unspecified atom stereocenters. The smallest absolute Gasteiger partial charge is 0.0890 e. The van der Waals surface area contributed by atoms with E-state index < -0.39 is 0 Å². The molecular weight excluding hydrogens is 312 g/mol. The van der Waals surface area contributed by atoms with Crippen molar-refractivity contribution in [1.82, 2.24) is 20.0 Å². The quantitative estimate of drug-likeness (QED) is 0.799. The van der Waals surface area contributed by atoms with E-state index in [4.69, 9.17) is 0 Å². The maximum absolute atomic E-state index is 9.74. The molecule has 0 amide bonds. The van der Waals surface area contributed by atoms with Gasteiger partial charge in [0, 0.05) is 38.3 Å². The van der Waals surface area contributed by atoms with E-state index in [1.165, 1.54) is 0 Å². The molecule has 25 heavy (non-hydrogen) atoms. The average molecular weight is 332 g/mol. The highest BCUT2D eigenvalue weighted by Gasteiger charge is 2.31. The molecule has 1 aliphatic rings. The van der Waals surface area contributed by atoms with Gasteiger partial charge in [-0.15, -0.1) is 0 Å². The molecule has 0 aliphatic carbocycles. The zero-order valence-electron chi connectivity index (χ0n) is 14.3. The molecule has 0 radical (unpaired) electrons. The van der Waals surface area contributed by atoms with Gasteiger partial charge in [-0.3, -0.25) is 9.97 Å². The molecule has 3 aromatic rings. The highest BCUT2D eigenvalue weighted by Crippen LogP contribution is 2.41. The van der Waals surface area contributed by atoms with Crippen LogP contribution in [-0.2, 0) is 6.61 Å². The van der Waals surface area contributed by atoms with Crippen molar-refractivity contribution in [2.24, 2.45) is 0 Å². The van der Waals surface area contributed by atoms with Crippen molar-refractivity contribution < 1.29 is 5.11 Å². The van der Waals surface area contributed by atoms with E-state index in [0.29, 0.717) is 0 Å². The Labute approximate surface area is 146 Å². The third kappa shape index (κ3) is 2.67. The van der Waals surface area contributed by atoms with Crippen molar-refractivity contribution in [3.63, 3.8) is 0 Å². The van der Waals surface area contributed by atoms with Crippen LogP contribution in [0.2, 0.25) is 0 Å². The van der Waals surface area contributed by atoms with E-state index in [1.54, 1.807) is 12.4 Å². The molecule has 1 atom stereocenters. The van der Waals surface area contributed by atoms with Gasteiger partial charge in [-0.05, 0) is 28.8 Å². The van der Waals surface area contributed by atoms with Gasteiger partial charge in [0.25, 0.3) is 0 Å². The lowest BCUT2D eigenvalue weighted by Gasteiger charge is -2.28. The van der Waals surface area contributed by atoms with Crippen LogP contribution in [0.15, 0.2) is 61.1 Å². The SMILES string of the molecule is CN1C=C(c2ccccc2CO)C(c2ccc3nccnc3c2)N1C. The van der Waals surface area contributed by atoms with Crippen molar-refractivity contribution in [3.8, 4) is 0 Å². The second-order valence-electron chi connectivity index (χ2n) is 6.25. The molecule has 0 spiro atoms. The standard InChI is InChI=1S/C20H20N4O/c1-23-12-17(16-6-4-3-5-15(16)13-25)20(24(23)2)14-7-8-18-19(11-14)22-10-9-21-18/h3-12,20,25H,13H2,1-2H3. The maximum atomic E-state index is 9.74. The molecule has 5 nitrogen and oxygen atoms in total. The number of aromatic nitrogens is 2. The monoisotopic (exact) mass is 332 g/mol. The topological polar surface area (TPSA) is 52.5 Å². The Hall–Kier alpha value is -2.76. The van der Waals surface area contributed by atoms with Crippen molar-refractivity contribution >= 4 is 16.6 Å². The number of rotatable bonds is 3. The Morgan fingerprint density at radius 3 is 2.56 bits per heavy atom. The number of likely N-dealkylation sites (N-methyl/N-ethyl adjacent to an activating group) is 1. The molecule has 0 saturated carbocycles. The number of hydrazine groups is 1. The molecule has 2 aromatic carbocycles. The Bertz CT molecular complexity index is 953. The van der Waals surface area contributed by atoms with Crippen LogP contribution in [-0.4, -0.2) is 39.2 Å². The van der Waals surface area contributed by atoms with Crippen LogP contribution >= 0.6 is 0 Å². The van der Waals surface area contributed by atoms with Gasteiger partial charge in [-0.25, -0.2) is 5.01 Å². The average Bonchev–Trinajstić information content (AvgIpc) is 2.96. The maximum Gasteiger partial charge on any atom is 0.0890 e. The van der Waals surface area contributed by atoms with Crippen LogP contribution in [0.5, 0.6) is 0 Å². The fraction of sp³-hybridized carbons (Fsp3) is 0.200. The molecule has 2 heterocycles. The summed E-state index contributed by atoms with van der Waals surface area (Å²) in [5, 5.41) is 14.0. The summed E-state index contributed by atoms with van der Waals surface area (Å²) in [6, 6.07) is 14.3. The van der Waals surface area contributed by atoms with Crippen molar-refractivity contribution in [1.29, 1.82) is 0 Å². The third-order valence-corrected chi connectivity index (χ3v) is 4.80. The first kappa shape index (κ1) is 15.7. The van der Waals surface area contributed by atoms with E-state index in [-0.39, 0.29) is 12.6 Å². The molecule has 5 heteroatoms. The zero-order valence-corrected chi connectivity index (χ0v) is 14.3. The number of hydrogen-bond donors (Lipinski definition) is 1. The molecule has 1 aromatic heterocycles. The molecule has 4 rings (SSSR count). The molecular formula is C20H20N4O. The number of nitrogens with zero attached hydrogens (tertiary/aromatic N) is 4. The predicted molar refractivity (Wildman–Crippen MR) is 98.1 cm³/mol. The first-order valence-electron chi connectivity index (χ1n) is 8.26. The van der Waals surface area contributed by atoms with Gasteiger partial charge in [0.05, 0.1) is 23.7 Å². The number of aliphatic hydroxyl groups is 1. The molecule has 0 fully saturated rings. The van der Waals surface area contributed by atoms with Crippen LogP contribution in [0.4, 0.5) is 0 Å². The largest absolute Gasteiger partial charge is 0.392 e. The minimum absolute atomic E-state index is 0.0247. The first-order chi connectivity index (χ1) is 12.2. The second kappa shape index (κ2) is 6.27. The number of hydrogen-bond acceptors (Lipinski definition) is 5. The Kier molecular flexibility index (Phi) is 3.95. The summed E-state index contributed by atoms with van der Waals surface area (Å²) in [6.07, 6.45) is 5.55. The van der Waals surface area contributed by atoms with Crippen LogP contribution < -0.4 is 0 Å². The summed E-state index contributed by atoms with van der Waals surface area (Å²) >= 11 is 0. The van der Waals surface area contributed by atoms with Gasteiger partial charge in [0.1, 0.15) is 0 Å². The normalized spacial score (nSPS) is 18.0. The van der Waals surface area contributed by atoms with Crippen LogP contribution in [0.1, 0.15) is 22.7 Å². The van der Waals surface area contributed by atoms with E-state index in [1.807, 2.05) is 31.3 Å². The van der Waals surface area contributed by atoms with Crippen LogP contribution in [0.25, 0.3) is 16.6 Å². The molecule has 0 saturated heterocycles. The highest BCUT2D eigenvalue weighted by molar-refractivity contribution is 5.79. The zero-order chi connectivity index (χ0) is 17.4. The van der Waals surface area contributed by atoms with E-state index in [9.17, 15) is 5.11 Å². The van der Waals surface area contributed by atoms with Gasteiger partial charge in [0.15, 0.2) is 0 Å². The van der Waals surface area contributed by atoms with Gasteiger partial charge in [-0.1, -0.05) is 30.3 Å². The lowest BCUT2D eigenvalue weighted by atomic mass is 9.91. The minimum Gasteiger partial charge on any atom is -0.392 e. The molecule has 126 valence electrons. The highest BCUT2D eigenvalue weighted by atomic mass is 16.3. The van der Waals surface area contributed by atoms with Gasteiger partial charge in [0.2, 0.25) is 0 Å². The third-order valence-electron chi connectivity index (χ3n) is 4.80. The van der Waals surface area contributed by atoms with Crippen LogP contribution in [0.3, 0.4) is 0 Å². The van der Waals surface area contributed by atoms with Gasteiger partial charge >= 0.3 is 0 Å². The fourth-order valence-electron chi connectivity index (χ4n) is 3.45. The number of aliphatic hydroxyl groups excluding tert-OH is 1. The number of benzene rings is 2. The lowest BCUT2D eigenvalue weighted by molar-refractivity contribution is 0.0753. The van der Waals surface area contributed by atoms with Gasteiger partial charge < -0.3 is 10.1 Å². The number of fused-ring (bicyclic) bond motifs is 1. The Morgan fingerprint density at radius 2 is 1.76 bits per heavy atom. The molecule has 0 bridgehead atoms. The fourth-order valence-corrected chi connectivity index (χ4v) is 3.45. The summed E-state index contributed by atoms with van der Waals surface area (Å²) in [5.74, 6) is 0. The summed E-state index contributed by atoms with van der Waals surface area (Å²) in [6.45, 7) is 0.0247. The first-order valence-corrected chi connectivity index (χ1v) is 8.26. The Morgan fingerprint density at radius 1 is 1.00 bits per heavy atom. The summed E-state index contributed by atoms with van der Waals surface area (Å²) in [4.78, 5) is 8.79. The second-order valence-corrected chi connectivity index (χ2v) is 6.25.